The molecule has 1 atom stereocenters. The number of aromatic nitrogens is 1. The number of benzene rings is 1. The molecule has 0 aliphatic carbocycles. The number of hydrogen-bond donors (Lipinski definition) is 2. The summed E-state index contributed by atoms with van der Waals surface area (Å²) in [6, 6.07) is 7.47. The second-order valence-corrected chi connectivity index (χ2v) is 10.6. The maximum atomic E-state index is 13.1. The zero-order valence-electron chi connectivity index (χ0n) is 19.4. The molecule has 34 heavy (non-hydrogen) atoms. The van der Waals surface area contributed by atoms with Gasteiger partial charge in [-0.1, -0.05) is 0 Å². The minimum atomic E-state index is -3.95. The van der Waals surface area contributed by atoms with Crippen molar-refractivity contribution in [1.82, 2.24) is 9.88 Å². The van der Waals surface area contributed by atoms with Crippen LogP contribution in [-0.4, -0.2) is 68.7 Å². The van der Waals surface area contributed by atoms with Crippen LogP contribution in [0.5, 0.6) is 5.75 Å². The van der Waals surface area contributed by atoms with E-state index in [0.717, 1.165) is 45.6 Å². The molecule has 184 valence electrons. The lowest BCUT2D eigenvalue weighted by Gasteiger charge is -2.36. The van der Waals surface area contributed by atoms with Gasteiger partial charge in [0.1, 0.15) is 5.75 Å². The predicted octanol–water partition coefficient (Wildman–Crippen LogP) is 3.29. The standard InChI is InChI=1S/C24H32N4O5S/c1-2-33-20-7-9-21(10-8-20)34(31,32)26-22-14-19(24(29)30)15-25-23(22)28-13-5-6-18(17-28)16-27-11-3-4-12-27/h7-10,14-15,18,26H,2-6,11-13,16-17H2,1H3,(H,29,30)/t18-/m0/s1. The van der Waals surface area contributed by atoms with E-state index in [9.17, 15) is 18.3 Å². The van der Waals surface area contributed by atoms with Crippen LogP contribution < -0.4 is 14.4 Å². The third kappa shape index (κ3) is 5.79. The Bertz CT molecular complexity index is 1100. The zero-order chi connectivity index (χ0) is 24.1. The van der Waals surface area contributed by atoms with Crippen LogP contribution in [0.2, 0.25) is 0 Å². The van der Waals surface area contributed by atoms with E-state index in [0.29, 0.717) is 24.1 Å². The van der Waals surface area contributed by atoms with Crippen molar-refractivity contribution in [3.63, 3.8) is 0 Å². The third-order valence-corrected chi connectivity index (χ3v) is 7.72. The summed E-state index contributed by atoms with van der Waals surface area (Å²) >= 11 is 0. The Morgan fingerprint density at radius 3 is 2.59 bits per heavy atom. The monoisotopic (exact) mass is 488 g/mol. The summed E-state index contributed by atoms with van der Waals surface area (Å²) < 4.78 is 34.2. The van der Waals surface area contributed by atoms with Crippen LogP contribution in [0.15, 0.2) is 41.4 Å². The van der Waals surface area contributed by atoms with Gasteiger partial charge < -0.3 is 19.6 Å². The van der Waals surface area contributed by atoms with Gasteiger partial charge in [0, 0.05) is 25.8 Å². The number of piperidine rings is 1. The van der Waals surface area contributed by atoms with Crippen molar-refractivity contribution in [3.05, 3.63) is 42.1 Å². The summed E-state index contributed by atoms with van der Waals surface area (Å²) in [5.41, 5.74) is 0.106. The first kappa shape index (κ1) is 24.3. The van der Waals surface area contributed by atoms with E-state index in [4.69, 9.17) is 4.74 Å². The number of sulfonamides is 1. The van der Waals surface area contributed by atoms with Gasteiger partial charge in [-0.15, -0.1) is 0 Å². The molecule has 0 bridgehead atoms. The molecule has 3 heterocycles. The Labute approximate surface area is 200 Å². The summed E-state index contributed by atoms with van der Waals surface area (Å²) in [6.07, 6.45) is 5.87. The fourth-order valence-corrected chi connectivity index (χ4v) is 5.78. The van der Waals surface area contributed by atoms with Gasteiger partial charge in [-0.2, -0.15) is 0 Å². The van der Waals surface area contributed by atoms with Gasteiger partial charge in [-0.05, 0) is 81.9 Å². The van der Waals surface area contributed by atoms with Crippen LogP contribution >= 0.6 is 0 Å². The van der Waals surface area contributed by atoms with Crippen LogP contribution in [0.25, 0.3) is 0 Å². The highest BCUT2D eigenvalue weighted by Crippen LogP contribution is 2.31. The smallest absolute Gasteiger partial charge is 0.337 e. The average Bonchev–Trinajstić information content (AvgIpc) is 3.32. The molecule has 0 radical (unpaired) electrons. The lowest BCUT2D eigenvalue weighted by atomic mass is 9.97. The average molecular weight is 489 g/mol. The van der Waals surface area contributed by atoms with E-state index in [-0.39, 0.29) is 16.1 Å². The number of anilines is 2. The molecule has 1 aromatic heterocycles. The molecule has 0 saturated carbocycles. The van der Waals surface area contributed by atoms with Crippen molar-refractivity contribution >= 4 is 27.5 Å². The Hall–Kier alpha value is -2.85. The lowest BCUT2D eigenvalue weighted by Crippen LogP contribution is -2.41. The van der Waals surface area contributed by atoms with Gasteiger partial charge in [-0.25, -0.2) is 18.2 Å². The van der Waals surface area contributed by atoms with Crippen LogP contribution in [-0.2, 0) is 10.0 Å². The van der Waals surface area contributed by atoms with Crippen molar-refractivity contribution in [1.29, 1.82) is 0 Å². The number of aromatic carboxylic acids is 1. The normalized spacial score (nSPS) is 19.2. The zero-order valence-corrected chi connectivity index (χ0v) is 20.3. The number of carbonyl (C=O) groups is 1. The van der Waals surface area contributed by atoms with Crippen molar-refractivity contribution in [2.24, 2.45) is 5.92 Å². The SMILES string of the molecule is CCOc1ccc(S(=O)(=O)Nc2cc(C(=O)O)cnc2N2CCC[C@@H](CN3CCCC3)C2)cc1. The molecule has 2 aliphatic rings. The molecule has 2 saturated heterocycles. The van der Waals surface area contributed by atoms with E-state index < -0.39 is 16.0 Å². The first-order valence-electron chi connectivity index (χ1n) is 11.8. The van der Waals surface area contributed by atoms with Crippen molar-refractivity contribution < 1.29 is 23.1 Å². The Morgan fingerprint density at radius 2 is 1.91 bits per heavy atom. The van der Waals surface area contributed by atoms with Crippen molar-refractivity contribution in [2.45, 2.75) is 37.5 Å². The molecule has 0 amide bonds. The molecule has 0 spiro atoms. The topological polar surface area (TPSA) is 112 Å². The van der Waals surface area contributed by atoms with Crippen LogP contribution in [0.3, 0.4) is 0 Å². The molecule has 10 heteroatoms. The quantitative estimate of drug-likeness (QED) is 0.553. The van der Waals surface area contributed by atoms with E-state index in [1.165, 1.54) is 37.2 Å². The first-order chi connectivity index (χ1) is 16.4. The van der Waals surface area contributed by atoms with Gasteiger partial charge in [0.05, 0.1) is 22.8 Å². The summed E-state index contributed by atoms with van der Waals surface area (Å²) in [7, 11) is -3.95. The number of nitrogens with zero attached hydrogens (tertiary/aromatic N) is 3. The molecular formula is C24H32N4O5S. The van der Waals surface area contributed by atoms with Crippen LogP contribution in [0, 0.1) is 5.92 Å². The highest BCUT2D eigenvalue weighted by Gasteiger charge is 2.27. The minimum absolute atomic E-state index is 0.0631. The van der Waals surface area contributed by atoms with Gasteiger partial charge >= 0.3 is 5.97 Å². The number of likely N-dealkylation sites (tertiary alicyclic amines) is 1. The number of ether oxygens (including phenoxy) is 1. The van der Waals surface area contributed by atoms with Gasteiger partial charge in [0.25, 0.3) is 10.0 Å². The van der Waals surface area contributed by atoms with E-state index in [1.807, 2.05) is 6.92 Å². The van der Waals surface area contributed by atoms with Crippen molar-refractivity contribution in [3.8, 4) is 5.75 Å². The second kappa shape index (κ2) is 10.6. The summed E-state index contributed by atoms with van der Waals surface area (Å²) in [4.78, 5) is 20.6. The van der Waals surface area contributed by atoms with Crippen LogP contribution in [0.1, 0.15) is 43.0 Å². The van der Waals surface area contributed by atoms with Gasteiger partial charge in [0.2, 0.25) is 0 Å². The summed E-state index contributed by atoms with van der Waals surface area (Å²) in [5.74, 6) is 0.342. The first-order valence-corrected chi connectivity index (χ1v) is 13.3. The molecule has 0 unspecified atom stereocenters. The Kier molecular flexibility index (Phi) is 7.57. The van der Waals surface area contributed by atoms with Gasteiger partial charge in [0.15, 0.2) is 5.82 Å². The Morgan fingerprint density at radius 1 is 1.18 bits per heavy atom. The van der Waals surface area contributed by atoms with E-state index in [2.05, 4.69) is 19.5 Å². The number of rotatable bonds is 9. The fourth-order valence-electron chi connectivity index (χ4n) is 4.72. The second-order valence-electron chi connectivity index (χ2n) is 8.87. The number of carboxylic acids is 1. The highest BCUT2D eigenvalue weighted by molar-refractivity contribution is 7.92. The molecule has 9 nitrogen and oxygen atoms in total. The third-order valence-electron chi connectivity index (χ3n) is 6.34. The lowest BCUT2D eigenvalue weighted by molar-refractivity contribution is 0.0696. The number of carboxylic acid groups (broad SMARTS) is 1. The minimum Gasteiger partial charge on any atom is -0.494 e. The predicted molar refractivity (Wildman–Crippen MR) is 130 cm³/mol. The molecular weight excluding hydrogens is 456 g/mol. The summed E-state index contributed by atoms with van der Waals surface area (Å²) in [6.45, 7) is 7.13. The largest absolute Gasteiger partial charge is 0.494 e. The van der Waals surface area contributed by atoms with Gasteiger partial charge in [-0.3, -0.25) is 4.72 Å². The summed E-state index contributed by atoms with van der Waals surface area (Å²) in [5, 5.41) is 9.46. The molecule has 2 aliphatic heterocycles. The maximum absolute atomic E-state index is 13.1. The number of hydrogen-bond acceptors (Lipinski definition) is 7. The molecule has 2 aromatic rings. The molecule has 1 aromatic carbocycles. The molecule has 2 fully saturated rings. The molecule has 2 N–H and O–H groups in total. The van der Waals surface area contributed by atoms with E-state index >= 15 is 0 Å². The number of pyridine rings is 1. The van der Waals surface area contributed by atoms with Crippen molar-refractivity contribution in [2.75, 3.05) is 49.0 Å². The highest BCUT2D eigenvalue weighted by atomic mass is 32.2. The van der Waals surface area contributed by atoms with Crippen LogP contribution in [0.4, 0.5) is 11.5 Å². The Balaban J connectivity index is 1.58. The molecule has 4 rings (SSSR count). The fraction of sp³-hybridized carbons (Fsp3) is 0.500. The number of nitrogens with one attached hydrogen (secondary N) is 1. The maximum Gasteiger partial charge on any atom is 0.337 e. The van der Waals surface area contributed by atoms with E-state index in [1.54, 1.807) is 12.1 Å².